The highest BCUT2D eigenvalue weighted by Crippen LogP contribution is 2.36. The minimum Gasteiger partial charge on any atom is -0.491 e. The Hall–Kier alpha value is -1.18. The van der Waals surface area contributed by atoms with Gasteiger partial charge in [0.05, 0.1) is 13.2 Å². The number of ether oxygens (including phenoxy) is 3. The molecule has 2 heterocycles. The normalized spacial score (nSPS) is 18.2. The van der Waals surface area contributed by atoms with Crippen LogP contribution in [0.15, 0.2) is 24.3 Å². The first kappa shape index (κ1) is 33.8. The number of hydrogen-bond acceptors (Lipinski definition) is 6. The van der Waals surface area contributed by atoms with Crippen molar-refractivity contribution in [2.24, 2.45) is 5.92 Å². The molecule has 2 fully saturated rings. The molecule has 2 aliphatic rings. The van der Waals surface area contributed by atoms with E-state index in [1.54, 1.807) is 7.11 Å². The van der Waals surface area contributed by atoms with Crippen LogP contribution in [0.25, 0.3) is 10.9 Å². The first-order chi connectivity index (χ1) is 16.6. The molecule has 1 aromatic heterocycles. The van der Waals surface area contributed by atoms with Gasteiger partial charge >= 0.3 is 0 Å². The Balaban J connectivity index is 0.00000228. The van der Waals surface area contributed by atoms with E-state index in [1.165, 1.54) is 44.9 Å². The number of rotatable bonds is 10. The van der Waals surface area contributed by atoms with Gasteiger partial charge in [-0.15, -0.1) is 37.2 Å². The van der Waals surface area contributed by atoms with Gasteiger partial charge in [-0.05, 0) is 64.6 Å². The van der Waals surface area contributed by atoms with Crippen molar-refractivity contribution >= 4 is 53.9 Å². The number of aromatic nitrogens is 1. The molecule has 9 heteroatoms. The van der Waals surface area contributed by atoms with Gasteiger partial charge in [0.15, 0.2) is 0 Å². The van der Waals surface area contributed by atoms with Crippen molar-refractivity contribution in [1.29, 1.82) is 0 Å². The summed E-state index contributed by atoms with van der Waals surface area (Å²) in [5, 5.41) is 1.01. The number of halogens is 3. The van der Waals surface area contributed by atoms with Gasteiger partial charge in [0.25, 0.3) is 0 Å². The number of hydrogen-bond donors (Lipinski definition) is 0. The summed E-state index contributed by atoms with van der Waals surface area (Å²) >= 11 is 0. The van der Waals surface area contributed by atoms with E-state index in [1.807, 2.05) is 0 Å². The minimum atomic E-state index is 0. The molecule has 0 amide bonds. The summed E-state index contributed by atoms with van der Waals surface area (Å²) < 4.78 is 17.8. The molecule has 0 bridgehead atoms. The summed E-state index contributed by atoms with van der Waals surface area (Å²) in [6.45, 7) is 8.38. The van der Waals surface area contributed by atoms with E-state index in [4.69, 9.17) is 19.2 Å². The number of likely N-dealkylation sites (N-methyl/N-ethyl adjacent to an activating group) is 1. The zero-order valence-electron chi connectivity index (χ0n) is 22.8. The molecule has 0 N–H and O–H groups in total. The van der Waals surface area contributed by atoms with Crippen molar-refractivity contribution in [1.82, 2.24) is 9.88 Å². The highest BCUT2D eigenvalue weighted by atomic mass is 35.5. The van der Waals surface area contributed by atoms with Crippen molar-refractivity contribution in [2.75, 3.05) is 52.0 Å². The van der Waals surface area contributed by atoms with Crippen LogP contribution in [0.4, 0.5) is 5.82 Å². The average molecular weight is 579 g/mol. The number of pyridine rings is 1. The van der Waals surface area contributed by atoms with Crippen molar-refractivity contribution in [3.63, 3.8) is 0 Å². The Morgan fingerprint density at radius 2 is 1.73 bits per heavy atom. The van der Waals surface area contributed by atoms with Crippen LogP contribution in [-0.2, 0) is 4.74 Å². The lowest BCUT2D eigenvalue weighted by Crippen LogP contribution is -2.49. The van der Waals surface area contributed by atoms with Gasteiger partial charge < -0.3 is 19.1 Å². The lowest BCUT2D eigenvalue weighted by molar-refractivity contribution is 0.147. The van der Waals surface area contributed by atoms with Gasteiger partial charge in [-0.2, -0.15) is 0 Å². The van der Waals surface area contributed by atoms with E-state index >= 15 is 0 Å². The third-order valence-electron chi connectivity index (χ3n) is 7.61. The maximum atomic E-state index is 6.40. The summed E-state index contributed by atoms with van der Waals surface area (Å²) in [5.41, 5.74) is 0.905. The Morgan fingerprint density at radius 3 is 2.43 bits per heavy atom. The van der Waals surface area contributed by atoms with E-state index in [-0.39, 0.29) is 37.2 Å². The quantitative estimate of drug-likeness (QED) is 0.289. The fourth-order valence-electron chi connectivity index (χ4n) is 5.29. The number of fused-ring (bicyclic) bond motifs is 1. The molecule has 0 unspecified atom stereocenters. The summed E-state index contributed by atoms with van der Waals surface area (Å²) in [5.74, 6) is 3.36. The Kier molecular flexibility index (Phi) is 15.3. The van der Waals surface area contributed by atoms with Crippen molar-refractivity contribution < 1.29 is 14.2 Å². The molecule has 2 aromatic rings. The predicted molar refractivity (Wildman–Crippen MR) is 161 cm³/mol. The van der Waals surface area contributed by atoms with Gasteiger partial charge in [-0.25, -0.2) is 4.98 Å². The first-order valence-corrected chi connectivity index (χ1v) is 13.2. The molecular formula is C28H46Cl3N3O3. The zero-order valence-corrected chi connectivity index (χ0v) is 25.3. The Bertz CT molecular complexity index is 928. The summed E-state index contributed by atoms with van der Waals surface area (Å²) in [6, 6.07) is 9.38. The van der Waals surface area contributed by atoms with Gasteiger partial charge in [0, 0.05) is 43.7 Å². The van der Waals surface area contributed by atoms with Crippen molar-refractivity contribution in [3.05, 3.63) is 24.3 Å². The van der Waals surface area contributed by atoms with Crippen LogP contribution in [0.1, 0.15) is 58.8 Å². The number of piperidine rings is 1. The molecule has 1 saturated carbocycles. The highest BCUT2D eigenvalue weighted by molar-refractivity contribution is 5.91. The SMILES string of the molecule is COCCOc1cc(N2CCC[C@@H](N(C)C(C)C)C2)nc2c(OCC3CCCCC3)cccc12.Cl.Cl.Cl. The van der Waals surface area contributed by atoms with E-state index in [2.05, 4.69) is 55.0 Å². The Morgan fingerprint density at radius 1 is 0.973 bits per heavy atom. The van der Waals surface area contributed by atoms with Crippen LogP contribution in [0, 0.1) is 5.92 Å². The lowest BCUT2D eigenvalue weighted by Gasteiger charge is -2.40. The fraction of sp³-hybridized carbons (Fsp3) is 0.679. The first-order valence-electron chi connectivity index (χ1n) is 13.2. The average Bonchev–Trinajstić information content (AvgIpc) is 2.87. The second kappa shape index (κ2) is 16.7. The van der Waals surface area contributed by atoms with E-state index in [0.29, 0.717) is 31.2 Å². The van der Waals surface area contributed by atoms with Gasteiger partial charge in [-0.3, -0.25) is 4.90 Å². The molecule has 212 valence electrons. The predicted octanol–water partition coefficient (Wildman–Crippen LogP) is 6.79. The number of benzene rings is 1. The maximum absolute atomic E-state index is 6.40. The van der Waals surface area contributed by atoms with Crippen LogP contribution in [0.2, 0.25) is 0 Å². The number of methoxy groups -OCH3 is 1. The van der Waals surface area contributed by atoms with Crippen LogP contribution in [0.5, 0.6) is 11.5 Å². The van der Waals surface area contributed by atoms with E-state index in [0.717, 1.165) is 47.9 Å². The molecule has 1 aromatic carbocycles. The largest absolute Gasteiger partial charge is 0.491 e. The number of nitrogens with zero attached hydrogens (tertiary/aromatic N) is 3. The molecule has 1 saturated heterocycles. The minimum absolute atomic E-state index is 0. The number of para-hydroxylation sites is 1. The smallest absolute Gasteiger partial charge is 0.145 e. The lowest BCUT2D eigenvalue weighted by atomic mass is 9.90. The molecule has 37 heavy (non-hydrogen) atoms. The van der Waals surface area contributed by atoms with Crippen LogP contribution in [-0.4, -0.2) is 69.0 Å². The topological polar surface area (TPSA) is 47.1 Å². The molecule has 0 spiro atoms. The fourth-order valence-corrected chi connectivity index (χ4v) is 5.29. The molecule has 0 radical (unpaired) electrons. The van der Waals surface area contributed by atoms with E-state index < -0.39 is 0 Å². The van der Waals surface area contributed by atoms with Crippen molar-refractivity contribution in [3.8, 4) is 11.5 Å². The van der Waals surface area contributed by atoms with Crippen molar-refractivity contribution in [2.45, 2.75) is 70.9 Å². The Labute approximate surface area is 242 Å². The van der Waals surface area contributed by atoms with Crippen LogP contribution < -0.4 is 14.4 Å². The standard InChI is InChI=1S/C28H43N3O3.3ClH/c1-21(2)30(3)23-12-9-15-31(19-23)27-18-26(33-17-16-32-4)24-13-8-14-25(28(24)29-27)34-20-22-10-6-5-7-11-22;;;/h8,13-14,18,21-23H,5-7,9-12,15-17,19-20H2,1-4H3;3*1H/t23-;;;/m1.../s1. The maximum Gasteiger partial charge on any atom is 0.145 e. The highest BCUT2D eigenvalue weighted by Gasteiger charge is 2.26. The third kappa shape index (κ3) is 8.93. The molecule has 1 aliphatic heterocycles. The molecule has 4 rings (SSSR count). The molecule has 1 atom stereocenters. The summed E-state index contributed by atoms with van der Waals surface area (Å²) in [7, 11) is 3.94. The zero-order chi connectivity index (χ0) is 23.9. The summed E-state index contributed by atoms with van der Waals surface area (Å²) in [4.78, 5) is 10.1. The third-order valence-corrected chi connectivity index (χ3v) is 7.61. The van der Waals surface area contributed by atoms with Gasteiger partial charge in [-0.1, -0.05) is 25.3 Å². The van der Waals surface area contributed by atoms with Crippen LogP contribution in [0.3, 0.4) is 0 Å². The van der Waals surface area contributed by atoms with Gasteiger partial charge in [0.1, 0.15) is 29.4 Å². The number of anilines is 1. The van der Waals surface area contributed by atoms with Gasteiger partial charge in [0.2, 0.25) is 0 Å². The molecule has 1 aliphatic carbocycles. The van der Waals surface area contributed by atoms with E-state index in [9.17, 15) is 0 Å². The molecular weight excluding hydrogens is 533 g/mol. The summed E-state index contributed by atoms with van der Waals surface area (Å²) in [6.07, 6.45) is 8.95. The molecule has 6 nitrogen and oxygen atoms in total. The second-order valence-electron chi connectivity index (χ2n) is 10.3. The second-order valence-corrected chi connectivity index (χ2v) is 10.3. The monoisotopic (exact) mass is 577 g/mol. The van der Waals surface area contributed by atoms with Crippen LogP contribution >= 0.6 is 37.2 Å².